The molecule has 0 atom stereocenters. The molecule has 0 unspecified atom stereocenters. The topological polar surface area (TPSA) is 126 Å². The van der Waals surface area contributed by atoms with E-state index in [1.54, 1.807) is 13.8 Å². The molecular formula is C11H16N4O5. The molecule has 0 aromatic heterocycles. The Hall–Kier alpha value is -2.45. The highest BCUT2D eigenvalue weighted by molar-refractivity contribution is 6.37. The molecule has 0 fully saturated rings. The van der Waals surface area contributed by atoms with E-state index in [-0.39, 0.29) is 30.5 Å². The van der Waals surface area contributed by atoms with Gasteiger partial charge in [-0.3, -0.25) is 14.9 Å². The molecule has 1 aliphatic heterocycles. The number of imide groups is 1. The monoisotopic (exact) mass is 284 g/mol. The summed E-state index contributed by atoms with van der Waals surface area (Å²) in [4.78, 5) is 44.8. The summed E-state index contributed by atoms with van der Waals surface area (Å²) >= 11 is 0. The van der Waals surface area contributed by atoms with Crippen LogP contribution in [0.15, 0.2) is 5.10 Å². The molecule has 0 aliphatic carbocycles. The van der Waals surface area contributed by atoms with E-state index in [9.17, 15) is 19.2 Å². The molecule has 0 radical (unpaired) electrons. The fraction of sp³-hybridized carbons (Fsp3) is 0.545. The molecule has 0 saturated carbocycles. The molecule has 0 aromatic carbocycles. The van der Waals surface area contributed by atoms with Crippen molar-refractivity contribution in [1.29, 1.82) is 0 Å². The molecule has 1 rings (SSSR count). The average Bonchev–Trinajstić information content (AvgIpc) is 2.35. The number of carbonyl (C=O) groups is 4. The quantitative estimate of drug-likeness (QED) is 0.573. The van der Waals surface area contributed by atoms with E-state index in [4.69, 9.17) is 0 Å². The lowest BCUT2D eigenvalue weighted by molar-refractivity contribution is -0.142. The van der Waals surface area contributed by atoms with Gasteiger partial charge in [-0.25, -0.2) is 15.0 Å². The maximum atomic E-state index is 11.5. The minimum absolute atomic E-state index is 0.0315. The van der Waals surface area contributed by atoms with Gasteiger partial charge in [0.2, 0.25) is 5.91 Å². The zero-order valence-corrected chi connectivity index (χ0v) is 11.2. The second-order valence-corrected chi connectivity index (χ2v) is 4.35. The van der Waals surface area contributed by atoms with Crippen LogP contribution in [0, 0.1) is 0 Å². The predicted molar refractivity (Wildman–Crippen MR) is 67.6 cm³/mol. The number of nitrogens with one attached hydrogen (secondary N) is 3. The molecule has 9 heteroatoms. The highest BCUT2D eigenvalue weighted by atomic mass is 16.5. The SMILES string of the molecule is CC(C)NC(=O)NC(=O)COC(=O)C1=NNC(=O)CC1. The third kappa shape index (κ3) is 5.46. The van der Waals surface area contributed by atoms with Gasteiger partial charge in [0.15, 0.2) is 6.61 Å². The minimum Gasteiger partial charge on any atom is -0.451 e. The summed E-state index contributed by atoms with van der Waals surface area (Å²) in [5, 5.41) is 7.97. The second kappa shape index (κ2) is 7.22. The average molecular weight is 284 g/mol. The van der Waals surface area contributed by atoms with Crippen molar-refractivity contribution in [2.75, 3.05) is 6.61 Å². The van der Waals surface area contributed by atoms with Crippen LogP contribution in [0.4, 0.5) is 4.79 Å². The van der Waals surface area contributed by atoms with E-state index in [1.165, 1.54) is 0 Å². The van der Waals surface area contributed by atoms with Gasteiger partial charge in [0.25, 0.3) is 5.91 Å². The number of hydrogen-bond acceptors (Lipinski definition) is 6. The van der Waals surface area contributed by atoms with Gasteiger partial charge in [-0.2, -0.15) is 5.10 Å². The van der Waals surface area contributed by atoms with Crippen molar-refractivity contribution in [3.63, 3.8) is 0 Å². The maximum Gasteiger partial charge on any atom is 0.355 e. The summed E-state index contributed by atoms with van der Waals surface area (Å²) in [6.07, 6.45) is 0.289. The lowest BCUT2D eigenvalue weighted by Gasteiger charge is -2.12. The van der Waals surface area contributed by atoms with E-state index < -0.39 is 24.5 Å². The highest BCUT2D eigenvalue weighted by Crippen LogP contribution is 2.01. The first-order valence-electron chi connectivity index (χ1n) is 6.01. The van der Waals surface area contributed by atoms with Gasteiger partial charge in [0.1, 0.15) is 5.71 Å². The standard InChI is InChI=1S/C11H16N4O5/c1-6(2)12-11(19)13-9(17)5-20-10(18)7-3-4-8(16)15-14-7/h6H,3-5H2,1-2H3,(H,15,16)(H2,12,13,17,19). The predicted octanol–water partition coefficient (Wildman–Crippen LogP) is -0.970. The molecule has 110 valence electrons. The van der Waals surface area contributed by atoms with E-state index in [0.29, 0.717) is 0 Å². The second-order valence-electron chi connectivity index (χ2n) is 4.35. The van der Waals surface area contributed by atoms with Crippen molar-refractivity contribution in [2.45, 2.75) is 32.7 Å². The van der Waals surface area contributed by atoms with Gasteiger partial charge in [-0.15, -0.1) is 0 Å². The summed E-state index contributed by atoms with van der Waals surface area (Å²) in [5.74, 6) is -1.84. The number of urea groups is 1. The van der Waals surface area contributed by atoms with Crippen LogP contribution in [-0.2, 0) is 19.1 Å². The van der Waals surface area contributed by atoms with Crippen LogP contribution in [0.2, 0.25) is 0 Å². The van der Waals surface area contributed by atoms with E-state index in [1.807, 2.05) is 5.32 Å². The molecule has 9 nitrogen and oxygen atoms in total. The van der Waals surface area contributed by atoms with Crippen LogP contribution in [-0.4, -0.2) is 42.2 Å². The number of rotatable bonds is 4. The van der Waals surface area contributed by atoms with Crippen LogP contribution >= 0.6 is 0 Å². The Morgan fingerprint density at radius 3 is 2.60 bits per heavy atom. The Balaban J connectivity index is 2.32. The molecule has 1 heterocycles. The third-order valence-corrected chi connectivity index (χ3v) is 2.15. The Morgan fingerprint density at radius 2 is 2.05 bits per heavy atom. The Kier molecular flexibility index (Phi) is 5.63. The highest BCUT2D eigenvalue weighted by Gasteiger charge is 2.20. The maximum absolute atomic E-state index is 11.5. The number of carbonyl (C=O) groups excluding carboxylic acids is 4. The summed E-state index contributed by atoms with van der Waals surface area (Å²) in [5.41, 5.74) is 2.17. The zero-order chi connectivity index (χ0) is 15.1. The van der Waals surface area contributed by atoms with Crippen LogP contribution in [0.5, 0.6) is 0 Å². The minimum atomic E-state index is -0.801. The molecule has 20 heavy (non-hydrogen) atoms. The van der Waals surface area contributed by atoms with Crippen LogP contribution < -0.4 is 16.1 Å². The van der Waals surface area contributed by atoms with E-state index >= 15 is 0 Å². The van der Waals surface area contributed by atoms with E-state index in [2.05, 4.69) is 20.6 Å². The Labute approximate surface area is 115 Å². The molecule has 3 N–H and O–H groups in total. The number of esters is 1. The summed E-state index contributed by atoms with van der Waals surface area (Å²) in [7, 11) is 0. The Bertz CT molecular complexity index is 458. The van der Waals surface area contributed by atoms with Crippen LogP contribution in [0.1, 0.15) is 26.7 Å². The zero-order valence-electron chi connectivity index (χ0n) is 11.2. The summed E-state index contributed by atoms with van der Waals surface area (Å²) < 4.78 is 4.67. The van der Waals surface area contributed by atoms with Crippen molar-refractivity contribution in [1.82, 2.24) is 16.1 Å². The Morgan fingerprint density at radius 1 is 1.35 bits per heavy atom. The van der Waals surface area contributed by atoms with Crippen molar-refractivity contribution in [3.8, 4) is 0 Å². The number of amides is 4. The smallest absolute Gasteiger partial charge is 0.355 e. The first-order chi connectivity index (χ1) is 9.38. The number of nitrogens with zero attached hydrogens (tertiary/aromatic N) is 1. The number of hydrogen-bond donors (Lipinski definition) is 3. The van der Waals surface area contributed by atoms with Crippen molar-refractivity contribution >= 4 is 29.5 Å². The molecule has 0 bridgehead atoms. The number of ether oxygens (including phenoxy) is 1. The van der Waals surface area contributed by atoms with Crippen molar-refractivity contribution in [2.24, 2.45) is 5.10 Å². The van der Waals surface area contributed by atoms with Gasteiger partial charge >= 0.3 is 12.0 Å². The molecule has 0 spiro atoms. The van der Waals surface area contributed by atoms with Gasteiger partial charge in [0.05, 0.1) is 0 Å². The van der Waals surface area contributed by atoms with Crippen LogP contribution in [0.25, 0.3) is 0 Å². The molecular weight excluding hydrogens is 268 g/mol. The largest absolute Gasteiger partial charge is 0.451 e. The fourth-order valence-corrected chi connectivity index (χ4v) is 1.30. The fourth-order valence-electron chi connectivity index (χ4n) is 1.30. The first-order valence-corrected chi connectivity index (χ1v) is 6.01. The molecule has 0 aromatic rings. The van der Waals surface area contributed by atoms with Gasteiger partial charge < -0.3 is 10.1 Å². The normalized spacial score (nSPS) is 14.2. The van der Waals surface area contributed by atoms with Gasteiger partial charge in [-0.05, 0) is 13.8 Å². The van der Waals surface area contributed by atoms with Crippen molar-refractivity contribution < 1.29 is 23.9 Å². The third-order valence-electron chi connectivity index (χ3n) is 2.15. The lowest BCUT2D eigenvalue weighted by atomic mass is 10.2. The summed E-state index contributed by atoms with van der Waals surface area (Å²) in [6, 6.07) is -0.783. The van der Waals surface area contributed by atoms with Gasteiger partial charge in [-0.1, -0.05) is 0 Å². The van der Waals surface area contributed by atoms with Gasteiger partial charge in [0, 0.05) is 18.9 Å². The van der Waals surface area contributed by atoms with Crippen molar-refractivity contribution in [3.05, 3.63) is 0 Å². The lowest BCUT2D eigenvalue weighted by Crippen LogP contribution is -2.44. The van der Waals surface area contributed by atoms with E-state index in [0.717, 1.165) is 0 Å². The molecule has 0 saturated heterocycles. The molecule has 1 aliphatic rings. The summed E-state index contributed by atoms with van der Waals surface area (Å²) in [6.45, 7) is 2.87. The molecule has 4 amide bonds. The first kappa shape index (κ1) is 15.6. The van der Waals surface area contributed by atoms with Crippen LogP contribution in [0.3, 0.4) is 0 Å². The number of hydrazone groups is 1.